The second kappa shape index (κ2) is 9.44. The lowest BCUT2D eigenvalue weighted by atomic mass is 10.2. The summed E-state index contributed by atoms with van der Waals surface area (Å²) in [5, 5.41) is 12.2. The summed E-state index contributed by atoms with van der Waals surface area (Å²) in [7, 11) is 3.89. The summed E-state index contributed by atoms with van der Waals surface area (Å²) >= 11 is 1.33. The molecule has 2 aromatic carbocycles. The van der Waals surface area contributed by atoms with Crippen molar-refractivity contribution in [1.29, 1.82) is 0 Å². The standard InChI is InChI=1S/C23H22N6OS/c1-28(2)19-13-14-20(24-15-19)25-21(30)16-31-23-27-26-22(17-9-5-3-6-10-17)29(23)18-11-7-4-8-12-18/h3-15H,16H2,1-2H3,(H,24,25,30). The number of hydrogen-bond donors (Lipinski definition) is 1. The summed E-state index contributed by atoms with van der Waals surface area (Å²) < 4.78 is 1.97. The Labute approximate surface area is 185 Å². The van der Waals surface area contributed by atoms with E-state index in [1.807, 2.05) is 90.3 Å². The SMILES string of the molecule is CN(C)c1ccc(NC(=O)CSc2nnc(-c3ccccc3)n2-c2ccccc2)nc1. The predicted octanol–water partition coefficient (Wildman–Crippen LogP) is 4.13. The van der Waals surface area contributed by atoms with E-state index in [1.165, 1.54) is 11.8 Å². The molecular weight excluding hydrogens is 408 g/mol. The molecule has 0 saturated heterocycles. The van der Waals surface area contributed by atoms with E-state index in [2.05, 4.69) is 20.5 Å². The monoisotopic (exact) mass is 430 g/mol. The molecule has 8 heteroatoms. The number of amides is 1. The van der Waals surface area contributed by atoms with E-state index in [0.29, 0.717) is 11.0 Å². The second-order valence-corrected chi connectivity index (χ2v) is 7.92. The molecule has 4 rings (SSSR count). The third-order valence-electron chi connectivity index (χ3n) is 4.54. The summed E-state index contributed by atoms with van der Waals surface area (Å²) in [6.07, 6.45) is 1.72. The Kier molecular flexibility index (Phi) is 6.28. The van der Waals surface area contributed by atoms with Crippen LogP contribution >= 0.6 is 11.8 Å². The molecule has 2 aromatic heterocycles. The van der Waals surface area contributed by atoms with Crippen molar-refractivity contribution in [3.8, 4) is 17.1 Å². The number of aromatic nitrogens is 4. The van der Waals surface area contributed by atoms with Gasteiger partial charge in [-0.1, -0.05) is 60.3 Å². The third-order valence-corrected chi connectivity index (χ3v) is 5.47. The number of nitrogens with zero attached hydrogens (tertiary/aromatic N) is 5. The summed E-state index contributed by atoms with van der Waals surface area (Å²) in [5.74, 6) is 1.29. The number of thioether (sulfide) groups is 1. The van der Waals surface area contributed by atoms with E-state index < -0.39 is 0 Å². The van der Waals surface area contributed by atoms with Crippen molar-refractivity contribution in [1.82, 2.24) is 19.7 Å². The van der Waals surface area contributed by atoms with Gasteiger partial charge in [0, 0.05) is 25.3 Å². The van der Waals surface area contributed by atoms with E-state index >= 15 is 0 Å². The summed E-state index contributed by atoms with van der Waals surface area (Å²) in [4.78, 5) is 18.7. The lowest BCUT2D eigenvalue weighted by molar-refractivity contribution is -0.113. The molecule has 0 aliphatic heterocycles. The van der Waals surface area contributed by atoms with Crippen LogP contribution in [0.3, 0.4) is 0 Å². The van der Waals surface area contributed by atoms with Crippen molar-refractivity contribution >= 4 is 29.2 Å². The molecular formula is C23H22N6OS. The Bertz CT molecular complexity index is 1140. The van der Waals surface area contributed by atoms with Gasteiger partial charge in [0.1, 0.15) is 5.82 Å². The van der Waals surface area contributed by atoms with Crippen molar-refractivity contribution in [2.45, 2.75) is 5.16 Å². The zero-order chi connectivity index (χ0) is 21.6. The van der Waals surface area contributed by atoms with E-state index in [0.717, 1.165) is 22.8 Å². The molecule has 0 spiro atoms. The normalized spacial score (nSPS) is 10.6. The predicted molar refractivity (Wildman–Crippen MR) is 125 cm³/mol. The van der Waals surface area contributed by atoms with Crippen LogP contribution in [0.5, 0.6) is 0 Å². The first-order chi connectivity index (χ1) is 15.1. The smallest absolute Gasteiger partial charge is 0.236 e. The van der Waals surface area contributed by atoms with Crippen molar-refractivity contribution in [2.24, 2.45) is 0 Å². The maximum absolute atomic E-state index is 12.5. The van der Waals surface area contributed by atoms with Crippen LogP contribution in [0, 0.1) is 0 Å². The zero-order valence-corrected chi connectivity index (χ0v) is 18.1. The number of para-hydroxylation sites is 1. The van der Waals surface area contributed by atoms with Crippen LogP contribution in [-0.2, 0) is 4.79 Å². The van der Waals surface area contributed by atoms with Crippen molar-refractivity contribution in [3.05, 3.63) is 79.0 Å². The number of anilines is 2. The second-order valence-electron chi connectivity index (χ2n) is 6.98. The minimum absolute atomic E-state index is 0.154. The Hall–Kier alpha value is -3.65. The Balaban J connectivity index is 1.52. The first-order valence-corrected chi connectivity index (χ1v) is 10.7. The van der Waals surface area contributed by atoms with Crippen LogP contribution in [0.2, 0.25) is 0 Å². The molecule has 0 saturated carbocycles. The van der Waals surface area contributed by atoms with Gasteiger partial charge in [-0.25, -0.2) is 4.98 Å². The summed E-state index contributed by atoms with van der Waals surface area (Å²) in [5.41, 5.74) is 2.87. The van der Waals surface area contributed by atoms with Gasteiger partial charge in [0.15, 0.2) is 11.0 Å². The van der Waals surface area contributed by atoms with E-state index in [9.17, 15) is 4.79 Å². The van der Waals surface area contributed by atoms with Crippen molar-refractivity contribution in [3.63, 3.8) is 0 Å². The number of carbonyl (C=O) groups is 1. The van der Waals surface area contributed by atoms with E-state index in [-0.39, 0.29) is 11.7 Å². The van der Waals surface area contributed by atoms with Gasteiger partial charge in [-0.15, -0.1) is 10.2 Å². The van der Waals surface area contributed by atoms with Gasteiger partial charge < -0.3 is 10.2 Å². The Morgan fingerprint density at radius 1 is 0.968 bits per heavy atom. The number of rotatable bonds is 7. The van der Waals surface area contributed by atoms with Crippen LogP contribution in [0.4, 0.5) is 11.5 Å². The maximum atomic E-state index is 12.5. The van der Waals surface area contributed by atoms with E-state index in [1.54, 1.807) is 12.3 Å². The van der Waals surface area contributed by atoms with Gasteiger partial charge in [0.05, 0.1) is 17.6 Å². The lowest BCUT2D eigenvalue weighted by Crippen LogP contribution is -2.16. The number of carbonyl (C=O) groups excluding carboxylic acids is 1. The summed E-state index contributed by atoms with van der Waals surface area (Å²) in [6, 6.07) is 23.5. The quantitative estimate of drug-likeness (QED) is 0.445. The molecule has 0 aliphatic rings. The number of benzene rings is 2. The first kappa shape index (κ1) is 20.6. The molecule has 4 aromatic rings. The highest BCUT2D eigenvalue weighted by molar-refractivity contribution is 7.99. The minimum atomic E-state index is -0.154. The fourth-order valence-corrected chi connectivity index (χ4v) is 3.73. The van der Waals surface area contributed by atoms with Gasteiger partial charge in [-0.2, -0.15) is 0 Å². The molecule has 0 unspecified atom stereocenters. The van der Waals surface area contributed by atoms with Crippen LogP contribution in [0.1, 0.15) is 0 Å². The fourth-order valence-electron chi connectivity index (χ4n) is 2.98. The van der Waals surface area contributed by atoms with Gasteiger partial charge in [-0.3, -0.25) is 9.36 Å². The van der Waals surface area contributed by atoms with Crippen LogP contribution in [0.15, 0.2) is 84.1 Å². The molecule has 2 heterocycles. The van der Waals surface area contributed by atoms with E-state index in [4.69, 9.17) is 0 Å². The molecule has 0 fully saturated rings. The third kappa shape index (κ3) is 4.92. The lowest BCUT2D eigenvalue weighted by Gasteiger charge is -2.12. The molecule has 0 aliphatic carbocycles. The molecule has 0 bridgehead atoms. The van der Waals surface area contributed by atoms with Crippen LogP contribution < -0.4 is 10.2 Å². The van der Waals surface area contributed by atoms with Gasteiger partial charge in [0.2, 0.25) is 5.91 Å². The highest BCUT2D eigenvalue weighted by Gasteiger charge is 2.17. The average Bonchev–Trinajstić information content (AvgIpc) is 3.23. The van der Waals surface area contributed by atoms with Gasteiger partial charge in [0.25, 0.3) is 0 Å². The Morgan fingerprint density at radius 3 is 2.32 bits per heavy atom. The molecule has 1 amide bonds. The van der Waals surface area contributed by atoms with Crippen molar-refractivity contribution < 1.29 is 4.79 Å². The van der Waals surface area contributed by atoms with Crippen molar-refractivity contribution in [2.75, 3.05) is 30.1 Å². The summed E-state index contributed by atoms with van der Waals surface area (Å²) in [6.45, 7) is 0. The highest BCUT2D eigenvalue weighted by atomic mass is 32.2. The average molecular weight is 431 g/mol. The number of pyridine rings is 1. The molecule has 7 nitrogen and oxygen atoms in total. The van der Waals surface area contributed by atoms with Crippen LogP contribution in [-0.4, -0.2) is 45.5 Å². The molecule has 1 N–H and O–H groups in total. The van der Waals surface area contributed by atoms with Gasteiger partial charge in [-0.05, 0) is 24.3 Å². The molecule has 31 heavy (non-hydrogen) atoms. The number of nitrogens with one attached hydrogen (secondary N) is 1. The fraction of sp³-hybridized carbons (Fsp3) is 0.130. The maximum Gasteiger partial charge on any atom is 0.236 e. The number of hydrogen-bond acceptors (Lipinski definition) is 6. The minimum Gasteiger partial charge on any atom is -0.376 e. The zero-order valence-electron chi connectivity index (χ0n) is 17.3. The molecule has 0 radical (unpaired) electrons. The topological polar surface area (TPSA) is 75.9 Å². The molecule has 156 valence electrons. The largest absolute Gasteiger partial charge is 0.376 e. The highest BCUT2D eigenvalue weighted by Crippen LogP contribution is 2.27. The van der Waals surface area contributed by atoms with Gasteiger partial charge >= 0.3 is 0 Å². The molecule has 0 atom stereocenters. The van der Waals surface area contributed by atoms with Crippen LogP contribution in [0.25, 0.3) is 17.1 Å². The first-order valence-electron chi connectivity index (χ1n) is 9.74. The Morgan fingerprint density at radius 2 is 1.68 bits per heavy atom.